The number of nitrogens with one attached hydrogen (secondary N) is 1. The van der Waals surface area contributed by atoms with Gasteiger partial charge < -0.3 is 15.2 Å². The Balaban J connectivity index is 2.11. The first kappa shape index (κ1) is 12.2. The van der Waals surface area contributed by atoms with Crippen LogP contribution >= 0.6 is 0 Å². The van der Waals surface area contributed by atoms with Gasteiger partial charge in [-0.3, -0.25) is 0 Å². The van der Waals surface area contributed by atoms with Crippen LogP contribution < -0.4 is 10.1 Å². The van der Waals surface area contributed by atoms with E-state index >= 15 is 0 Å². The van der Waals surface area contributed by atoms with Crippen LogP contribution in [0.2, 0.25) is 0 Å². The Morgan fingerprint density at radius 1 is 1.22 bits per heavy atom. The van der Waals surface area contributed by atoms with E-state index in [0.29, 0.717) is 12.1 Å². The highest BCUT2D eigenvalue weighted by Gasteiger charge is 2.03. The third-order valence-corrected chi connectivity index (χ3v) is 2.53. The minimum absolute atomic E-state index is 0.0770. The monoisotopic (exact) mass is 247 g/mol. The van der Waals surface area contributed by atoms with Crippen molar-refractivity contribution in [2.75, 3.05) is 12.4 Å². The van der Waals surface area contributed by atoms with Gasteiger partial charge in [-0.2, -0.15) is 0 Å². The first-order valence-electron chi connectivity index (χ1n) is 5.54. The highest BCUT2D eigenvalue weighted by Crippen LogP contribution is 2.24. The molecule has 4 heteroatoms. The number of anilines is 1. The highest BCUT2D eigenvalue weighted by molar-refractivity contribution is 5.56. The second kappa shape index (κ2) is 5.40. The van der Waals surface area contributed by atoms with Crippen molar-refractivity contribution in [1.29, 1.82) is 0 Å². The molecule has 2 aromatic rings. The molecule has 94 valence electrons. The number of phenols is 1. The van der Waals surface area contributed by atoms with Crippen LogP contribution in [0.15, 0.2) is 42.5 Å². The average Bonchev–Trinajstić information content (AvgIpc) is 2.35. The van der Waals surface area contributed by atoms with Crippen molar-refractivity contribution in [3.05, 3.63) is 53.8 Å². The number of rotatable bonds is 4. The van der Waals surface area contributed by atoms with Gasteiger partial charge in [0, 0.05) is 12.6 Å². The molecule has 0 bridgehead atoms. The van der Waals surface area contributed by atoms with Crippen molar-refractivity contribution in [3.8, 4) is 11.5 Å². The van der Waals surface area contributed by atoms with Crippen LogP contribution in [0.3, 0.4) is 0 Å². The molecule has 0 radical (unpaired) electrons. The highest BCUT2D eigenvalue weighted by atomic mass is 19.1. The number of hydrogen-bond donors (Lipinski definition) is 2. The second-order valence-electron chi connectivity index (χ2n) is 3.87. The molecule has 0 aliphatic rings. The summed E-state index contributed by atoms with van der Waals surface area (Å²) in [4.78, 5) is 0. The van der Waals surface area contributed by atoms with E-state index < -0.39 is 5.82 Å². The number of para-hydroxylation sites is 2. The lowest BCUT2D eigenvalue weighted by molar-refractivity contribution is 0.416. The lowest BCUT2D eigenvalue weighted by Crippen LogP contribution is -2.01. The SMILES string of the molecule is COc1ccccc1NCc1cc(O)cc(F)c1. The zero-order chi connectivity index (χ0) is 13.0. The summed E-state index contributed by atoms with van der Waals surface area (Å²) in [5.41, 5.74) is 1.49. The number of ether oxygens (including phenoxy) is 1. The lowest BCUT2D eigenvalue weighted by atomic mass is 10.2. The smallest absolute Gasteiger partial charge is 0.141 e. The molecule has 0 unspecified atom stereocenters. The minimum atomic E-state index is -0.452. The van der Waals surface area contributed by atoms with Gasteiger partial charge in [0.2, 0.25) is 0 Å². The van der Waals surface area contributed by atoms with E-state index in [0.717, 1.165) is 17.5 Å². The Morgan fingerprint density at radius 3 is 2.72 bits per heavy atom. The molecule has 0 saturated carbocycles. The molecule has 0 heterocycles. The number of halogens is 1. The Kier molecular flexibility index (Phi) is 3.67. The molecule has 0 fully saturated rings. The number of phenolic OH excluding ortho intramolecular Hbond substituents is 1. The molecule has 2 aromatic carbocycles. The van der Waals surface area contributed by atoms with Gasteiger partial charge in [-0.1, -0.05) is 12.1 Å². The van der Waals surface area contributed by atoms with Crippen LogP contribution in [-0.4, -0.2) is 12.2 Å². The number of hydrogen-bond acceptors (Lipinski definition) is 3. The second-order valence-corrected chi connectivity index (χ2v) is 3.87. The normalized spacial score (nSPS) is 10.1. The summed E-state index contributed by atoms with van der Waals surface area (Å²) in [6.45, 7) is 0.408. The maximum Gasteiger partial charge on any atom is 0.141 e. The quantitative estimate of drug-likeness (QED) is 0.872. The lowest BCUT2D eigenvalue weighted by Gasteiger charge is -2.11. The molecular weight excluding hydrogens is 233 g/mol. The van der Waals surface area contributed by atoms with Crippen molar-refractivity contribution in [3.63, 3.8) is 0 Å². The largest absolute Gasteiger partial charge is 0.508 e. The van der Waals surface area contributed by atoms with E-state index in [4.69, 9.17) is 4.74 Å². The van der Waals surface area contributed by atoms with Crippen molar-refractivity contribution >= 4 is 5.69 Å². The summed E-state index contributed by atoms with van der Waals surface area (Å²) < 4.78 is 18.3. The van der Waals surface area contributed by atoms with Crippen molar-refractivity contribution in [2.45, 2.75) is 6.54 Å². The predicted molar refractivity (Wildman–Crippen MR) is 68.4 cm³/mol. The first-order chi connectivity index (χ1) is 8.69. The molecule has 0 aliphatic heterocycles. The van der Waals surface area contributed by atoms with Crippen molar-refractivity contribution < 1.29 is 14.2 Å². The minimum Gasteiger partial charge on any atom is -0.508 e. The Bertz CT molecular complexity index is 523. The van der Waals surface area contributed by atoms with Crippen LogP contribution in [0.25, 0.3) is 0 Å². The molecule has 0 amide bonds. The number of benzene rings is 2. The van der Waals surface area contributed by atoms with Gasteiger partial charge in [0.15, 0.2) is 0 Å². The third-order valence-electron chi connectivity index (χ3n) is 2.53. The van der Waals surface area contributed by atoms with E-state index in [1.165, 1.54) is 12.1 Å². The molecule has 0 aromatic heterocycles. The molecule has 18 heavy (non-hydrogen) atoms. The Labute approximate surface area is 105 Å². The molecule has 2 rings (SSSR count). The molecule has 3 nitrogen and oxygen atoms in total. The number of aromatic hydroxyl groups is 1. The molecule has 0 saturated heterocycles. The Hall–Kier alpha value is -2.23. The van der Waals surface area contributed by atoms with E-state index in [2.05, 4.69) is 5.32 Å². The van der Waals surface area contributed by atoms with Gasteiger partial charge in [-0.25, -0.2) is 4.39 Å². The van der Waals surface area contributed by atoms with Crippen LogP contribution in [0.5, 0.6) is 11.5 Å². The summed E-state index contributed by atoms with van der Waals surface area (Å²) in [5, 5.41) is 12.4. The summed E-state index contributed by atoms with van der Waals surface area (Å²) in [5.74, 6) is 0.191. The van der Waals surface area contributed by atoms with Crippen LogP contribution in [0, 0.1) is 5.82 Å². The van der Waals surface area contributed by atoms with Gasteiger partial charge in [0.25, 0.3) is 0 Å². The van der Waals surface area contributed by atoms with Gasteiger partial charge >= 0.3 is 0 Å². The van der Waals surface area contributed by atoms with Crippen molar-refractivity contribution in [1.82, 2.24) is 0 Å². The van der Waals surface area contributed by atoms with E-state index in [1.807, 2.05) is 24.3 Å². The fourth-order valence-corrected chi connectivity index (χ4v) is 1.72. The van der Waals surface area contributed by atoms with Gasteiger partial charge in [-0.05, 0) is 29.8 Å². The fourth-order valence-electron chi connectivity index (χ4n) is 1.72. The van der Waals surface area contributed by atoms with E-state index in [9.17, 15) is 9.50 Å². The third kappa shape index (κ3) is 2.91. The maximum absolute atomic E-state index is 13.1. The Morgan fingerprint density at radius 2 is 2.00 bits per heavy atom. The molecule has 2 N–H and O–H groups in total. The first-order valence-corrected chi connectivity index (χ1v) is 5.54. The molecule has 0 spiro atoms. The van der Waals surface area contributed by atoms with Gasteiger partial charge in [0.05, 0.1) is 12.8 Å². The maximum atomic E-state index is 13.1. The summed E-state index contributed by atoms with van der Waals surface area (Å²) in [7, 11) is 1.59. The average molecular weight is 247 g/mol. The zero-order valence-corrected chi connectivity index (χ0v) is 9.98. The van der Waals surface area contributed by atoms with Crippen LogP contribution in [-0.2, 0) is 6.54 Å². The predicted octanol–water partition coefficient (Wildman–Crippen LogP) is 3.15. The van der Waals surface area contributed by atoms with Crippen molar-refractivity contribution in [2.24, 2.45) is 0 Å². The summed E-state index contributed by atoms with van der Waals surface area (Å²) >= 11 is 0. The molecule has 0 atom stereocenters. The standard InChI is InChI=1S/C14H14FNO2/c1-18-14-5-3-2-4-13(14)16-9-10-6-11(15)8-12(17)7-10/h2-8,16-17H,9H2,1H3. The zero-order valence-electron chi connectivity index (χ0n) is 9.98. The fraction of sp³-hybridized carbons (Fsp3) is 0.143. The summed E-state index contributed by atoms with van der Waals surface area (Å²) in [6.07, 6.45) is 0. The topological polar surface area (TPSA) is 41.5 Å². The van der Waals surface area contributed by atoms with Gasteiger partial charge in [0.1, 0.15) is 17.3 Å². The molecule has 0 aliphatic carbocycles. The van der Waals surface area contributed by atoms with Crippen LogP contribution in [0.1, 0.15) is 5.56 Å². The number of methoxy groups -OCH3 is 1. The van der Waals surface area contributed by atoms with E-state index in [-0.39, 0.29) is 5.75 Å². The van der Waals surface area contributed by atoms with E-state index in [1.54, 1.807) is 7.11 Å². The molecular formula is C14H14FNO2. The van der Waals surface area contributed by atoms with Crippen LogP contribution in [0.4, 0.5) is 10.1 Å². The van der Waals surface area contributed by atoms with Gasteiger partial charge in [-0.15, -0.1) is 0 Å². The summed E-state index contributed by atoms with van der Waals surface area (Å²) in [6, 6.07) is 11.4.